The van der Waals surface area contributed by atoms with Gasteiger partial charge in [-0.05, 0) is 31.0 Å². The minimum Gasteiger partial charge on any atom is -0.490 e. The molecule has 4 heteroatoms. The summed E-state index contributed by atoms with van der Waals surface area (Å²) < 4.78 is 6.35. The lowest BCUT2D eigenvalue weighted by molar-refractivity contribution is 0.0687. The van der Waals surface area contributed by atoms with Gasteiger partial charge in [0.2, 0.25) is 0 Å². The van der Waals surface area contributed by atoms with Crippen LogP contribution < -0.4 is 4.74 Å². The maximum absolute atomic E-state index is 11.0. The Morgan fingerprint density at radius 1 is 1.38 bits per heavy atom. The molecule has 3 nitrogen and oxygen atoms in total. The lowest BCUT2D eigenvalue weighted by Gasteiger charge is -2.19. The molecule has 1 atom stereocenters. The van der Waals surface area contributed by atoms with Crippen LogP contribution in [0.15, 0.2) is 22.7 Å². The van der Waals surface area contributed by atoms with E-state index in [9.17, 15) is 4.79 Å². The molecule has 0 amide bonds. The third kappa shape index (κ3) is 3.23. The van der Waals surface area contributed by atoms with Gasteiger partial charge in [-0.2, -0.15) is 0 Å². The summed E-state index contributed by atoms with van der Waals surface area (Å²) >= 11 is 3.24. The Morgan fingerprint density at radius 2 is 2.00 bits per heavy atom. The van der Waals surface area contributed by atoms with E-state index in [1.54, 1.807) is 18.2 Å². The highest BCUT2D eigenvalue weighted by Crippen LogP contribution is 2.25. The Kier molecular flexibility index (Phi) is 4.35. The summed E-state index contributed by atoms with van der Waals surface area (Å²) in [5, 5.41) is 9.04. The molecule has 88 valence electrons. The fourth-order valence-corrected chi connectivity index (χ4v) is 1.47. The predicted octanol–water partition coefficient (Wildman–Crippen LogP) is 3.57. The molecular formula is C12H15BrO3. The number of ether oxygens (including phenoxy) is 1. The number of rotatable bonds is 4. The summed E-state index contributed by atoms with van der Waals surface area (Å²) in [4.78, 5) is 11.0. The predicted molar refractivity (Wildman–Crippen MR) is 66.0 cm³/mol. The van der Waals surface area contributed by atoms with Crippen molar-refractivity contribution in [2.45, 2.75) is 26.9 Å². The number of carboxylic acids is 1. The molecular weight excluding hydrogens is 272 g/mol. The molecule has 0 spiro atoms. The summed E-state index contributed by atoms with van der Waals surface area (Å²) in [5.74, 6) is -0.227. The van der Waals surface area contributed by atoms with Crippen LogP contribution in [0.3, 0.4) is 0 Å². The maximum atomic E-state index is 11.0. The zero-order chi connectivity index (χ0) is 12.3. The van der Waals surface area contributed by atoms with Gasteiger partial charge in [-0.25, -0.2) is 4.79 Å². The molecule has 1 N–H and O–H groups in total. The van der Waals surface area contributed by atoms with Crippen LogP contribution >= 0.6 is 15.9 Å². The number of halogens is 1. The van der Waals surface area contributed by atoms with Crippen molar-refractivity contribution in [3.63, 3.8) is 0 Å². The molecule has 0 radical (unpaired) electrons. The van der Waals surface area contributed by atoms with Gasteiger partial charge in [0.15, 0.2) is 0 Å². The third-order valence-electron chi connectivity index (χ3n) is 2.42. The van der Waals surface area contributed by atoms with Gasteiger partial charge in [-0.3, -0.25) is 0 Å². The Labute approximate surface area is 104 Å². The van der Waals surface area contributed by atoms with Gasteiger partial charge in [0.25, 0.3) is 0 Å². The van der Waals surface area contributed by atoms with Gasteiger partial charge in [-0.1, -0.05) is 29.8 Å². The SMILES string of the molecule is CC(C)C(C)Oc1ccc(Br)cc1C(=O)O. The Balaban J connectivity index is 2.99. The summed E-state index contributed by atoms with van der Waals surface area (Å²) in [6.07, 6.45) is -0.0146. The second-order valence-corrected chi connectivity index (χ2v) is 4.93. The highest BCUT2D eigenvalue weighted by atomic mass is 79.9. The van der Waals surface area contributed by atoms with Gasteiger partial charge in [0.05, 0.1) is 6.10 Å². The van der Waals surface area contributed by atoms with Crippen LogP contribution in [0.25, 0.3) is 0 Å². The maximum Gasteiger partial charge on any atom is 0.339 e. The van der Waals surface area contributed by atoms with Crippen LogP contribution in [0.1, 0.15) is 31.1 Å². The number of carbonyl (C=O) groups is 1. The highest BCUT2D eigenvalue weighted by Gasteiger charge is 2.15. The molecule has 0 aromatic heterocycles. The Hall–Kier alpha value is -1.03. The lowest BCUT2D eigenvalue weighted by Crippen LogP contribution is -2.20. The zero-order valence-electron chi connectivity index (χ0n) is 9.53. The molecule has 1 rings (SSSR count). The number of benzene rings is 1. The molecule has 1 unspecified atom stereocenters. The van der Waals surface area contributed by atoms with Crippen molar-refractivity contribution in [1.29, 1.82) is 0 Å². The average Bonchev–Trinajstić information content (AvgIpc) is 2.20. The first-order chi connectivity index (χ1) is 7.41. The first kappa shape index (κ1) is 13.0. The fraction of sp³-hybridized carbons (Fsp3) is 0.417. The van der Waals surface area contributed by atoms with Crippen LogP contribution in [-0.4, -0.2) is 17.2 Å². The Bertz CT molecular complexity index is 388. The Morgan fingerprint density at radius 3 is 2.50 bits per heavy atom. The van der Waals surface area contributed by atoms with Crippen LogP contribution in [0, 0.1) is 5.92 Å². The molecule has 1 aromatic rings. The first-order valence-corrected chi connectivity index (χ1v) is 5.90. The molecule has 0 heterocycles. The summed E-state index contributed by atoms with van der Waals surface area (Å²) in [7, 11) is 0. The molecule has 0 saturated carbocycles. The van der Waals surface area contributed by atoms with E-state index in [-0.39, 0.29) is 11.7 Å². The van der Waals surface area contributed by atoms with Crippen LogP contribution in [-0.2, 0) is 0 Å². The number of hydrogen-bond acceptors (Lipinski definition) is 2. The smallest absolute Gasteiger partial charge is 0.339 e. The molecule has 0 aliphatic heterocycles. The van der Waals surface area contributed by atoms with Crippen molar-refractivity contribution in [3.05, 3.63) is 28.2 Å². The molecule has 0 aliphatic carbocycles. The summed E-state index contributed by atoms with van der Waals surface area (Å²) in [6.45, 7) is 5.99. The van der Waals surface area contributed by atoms with E-state index in [2.05, 4.69) is 15.9 Å². The molecule has 0 aliphatic rings. The van der Waals surface area contributed by atoms with Crippen molar-refractivity contribution in [1.82, 2.24) is 0 Å². The topological polar surface area (TPSA) is 46.5 Å². The number of aromatic carboxylic acids is 1. The minimum absolute atomic E-state index is 0.0146. The molecule has 16 heavy (non-hydrogen) atoms. The average molecular weight is 287 g/mol. The van der Waals surface area contributed by atoms with E-state index in [1.807, 2.05) is 20.8 Å². The zero-order valence-corrected chi connectivity index (χ0v) is 11.1. The second-order valence-electron chi connectivity index (χ2n) is 4.01. The van der Waals surface area contributed by atoms with Crippen molar-refractivity contribution in [2.75, 3.05) is 0 Å². The van der Waals surface area contributed by atoms with Gasteiger partial charge >= 0.3 is 5.97 Å². The van der Waals surface area contributed by atoms with Crippen molar-refractivity contribution < 1.29 is 14.6 Å². The van der Waals surface area contributed by atoms with E-state index in [4.69, 9.17) is 9.84 Å². The van der Waals surface area contributed by atoms with Crippen molar-refractivity contribution in [2.24, 2.45) is 5.92 Å². The van der Waals surface area contributed by atoms with Gasteiger partial charge in [0.1, 0.15) is 11.3 Å². The largest absolute Gasteiger partial charge is 0.490 e. The summed E-state index contributed by atoms with van der Waals surface area (Å²) in [5.41, 5.74) is 0.182. The number of carboxylic acid groups (broad SMARTS) is 1. The van der Waals surface area contributed by atoms with E-state index in [1.165, 1.54) is 0 Å². The quantitative estimate of drug-likeness (QED) is 0.920. The number of hydrogen-bond donors (Lipinski definition) is 1. The van der Waals surface area contributed by atoms with Gasteiger partial charge < -0.3 is 9.84 Å². The minimum atomic E-state index is -0.979. The molecule has 0 fully saturated rings. The monoisotopic (exact) mass is 286 g/mol. The second kappa shape index (κ2) is 5.34. The van der Waals surface area contributed by atoms with Gasteiger partial charge in [0, 0.05) is 4.47 Å². The molecule has 0 bridgehead atoms. The van der Waals surface area contributed by atoms with Crippen LogP contribution in [0.4, 0.5) is 0 Å². The third-order valence-corrected chi connectivity index (χ3v) is 2.92. The first-order valence-electron chi connectivity index (χ1n) is 5.11. The van der Waals surface area contributed by atoms with E-state index < -0.39 is 5.97 Å². The normalized spacial score (nSPS) is 12.6. The highest BCUT2D eigenvalue weighted by molar-refractivity contribution is 9.10. The van der Waals surface area contributed by atoms with Crippen molar-refractivity contribution in [3.8, 4) is 5.75 Å². The van der Waals surface area contributed by atoms with E-state index in [0.717, 1.165) is 4.47 Å². The van der Waals surface area contributed by atoms with Gasteiger partial charge in [-0.15, -0.1) is 0 Å². The molecule has 1 aromatic carbocycles. The lowest BCUT2D eigenvalue weighted by atomic mass is 10.1. The van der Waals surface area contributed by atoms with Crippen LogP contribution in [0.2, 0.25) is 0 Å². The fourth-order valence-electron chi connectivity index (χ4n) is 1.11. The standard InChI is InChI=1S/C12H15BrO3/c1-7(2)8(3)16-11-5-4-9(13)6-10(11)12(14)15/h4-8H,1-3H3,(H,14,15). The summed E-state index contributed by atoms with van der Waals surface area (Å²) in [6, 6.07) is 4.99. The van der Waals surface area contributed by atoms with E-state index >= 15 is 0 Å². The van der Waals surface area contributed by atoms with Crippen LogP contribution in [0.5, 0.6) is 5.75 Å². The van der Waals surface area contributed by atoms with E-state index in [0.29, 0.717) is 11.7 Å². The molecule has 0 saturated heterocycles. The van der Waals surface area contributed by atoms with Crippen molar-refractivity contribution >= 4 is 21.9 Å².